The van der Waals surface area contributed by atoms with Gasteiger partial charge in [0.05, 0.1) is 0 Å². The van der Waals surface area contributed by atoms with Gasteiger partial charge in [-0.25, -0.2) is 9.78 Å². The first-order valence-electron chi connectivity index (χ1n) is 3.06. The molecule has 0 saturated heterocycles. The molecule has 1 rings (SSSR count). The summed E-state index contributed by atoms with van der Waals surface area (Å²) in [6.07, 6.45) is 0. The van der Waals surface area contributed by atoms with Crippen molar-refractivity contribution in [1.82, 2.24) is 9.55 Å². The van der Waals surface area contributed by atoms with Crippen LogP contribution in [0.4, 0.5) is 5.82 Å². The van der Waals surface area contributed by atoms with Gasteiger partial charge in [0.2, 0.25) is 0 Å². The number of anilines is 1. The Hall–Kier alpha value is -1.52. The van der Waals surface area contributed by atoms with Gasteiger partial charge in [-0.3, -0.25) is 0 Å². The summed E-state index contributed by atoms with van der Waals surface area (Å²) in [4.78, 5) is 14.2. The third-order valence-corrected chi connectivity index (χ3v) is 1.57. The number of nitrogen functional groups attached to an aromatic ring is 1. The van der Waals surface area contributed by atoms with Crippen LogP contribution in [-0.4, -0.2) is 20.6 Å². The molecular weight excluding hydrogens is 146 g/mol. The maximum atomic E-state index is 10.4. The third kappa shape index (κ3) is 1.04. The molecule has 0 fully saturated rings. The number of aromatic nitrogens is 2. The highest BCUT2D eigenvalue weighted by Gasteiger charge is 2.14. The van der Waals surface area contributed by atoms with E-state index in [2.05, 4.69) is 4.98 Å². The molecule has 0 aliphatic rings. The topological polar surface area (TPSA) is 81.1 Å². The zero-order chi connectivity index (χ0) is 8.59. The van der Waals surface area contributed by atoms with Crippen LogP contribution in [0.3, 0.4) is 0 Å². The fraction of sp³-hybridized carbons (Fsp3) is 0.333. The minimum absolute atomic E-state index is 0.0787. The Labute approximate surface area is 63.5 Å². The van der Waals surface area contributed by atoms with Crippen molar-refractivity contribution < 1.29 is 9.90 Å². The van der Waals surface area contributed by atoms with Gasteiger partial charge in [0, 0.05) is 7.05 Å². The molecule has 0 aromatic carbocycles. The minimum Gasteiger partial charge on any atom is -0.476 e. The molecule has 0 aliphatic carbocycles. The van der Waals surface area contributed by atoms with Crippen molar-refractivity contribution in [2.24, 2.45) is 7.05 Å². The summed E-state index contributed by atoms with van der Waals surface area (Å²) in [5.74, 6) is -0.305. The van der Waals surface area contributed by atoms with Gasteiger partial charge in [-0.1, -0.05) is 0 Å². The Kier molecular flexibility index (Phi) is 1.56. The van der Waals surface area contributed by atoms with E-state index in [4.69, 9.17) is 10.8 Å². The van der Waals surface area contributed by atoms with Crippen molar-refractivity contribution in [3.8, 4) is 0 Å². The molecule has 5 nitrogen and oxygen atoms in total. The van der Waals surface area contributed by atoms with Crippen molar-refractivity contribution in [1.29, 1.82) is 0 Å². The van der Waals surface area contributed by atoms with Gasteiger partial charge in [0.15, 0.2) is 5.69 Å². The second kappa shape index (κ2) is 2.26. The number of hydrogen-bond donors (Lipinski definition) is 2. The monoisotopic (exact) mass is 155 g/mol. The van der Waals surface area contributed by atoms with Gasteiger partial charge in [0.1, 0.15) is 11.6 Å². The number of carboxylic acids is 1. The van der Waals surface area contributed by atoms with Crippen LogP contribution in [0, 0.1) is 6.92 Å². The van der Waals surface area contributed by atoms with Crippen LogP contribution >= 0.6 is 0 Å². The molecule has 0 bridgehead atoms. The van der Waals surface area contributed by atoms with Crippen molar-refractivity contribution in [2.45, 2.75) is 6.92 Å². The first-order chi connectivity index (χ1) is 5.04. The maximum Gasteiger partial charge on any atom is 0.358 e. The Bertz CT molecular complexity index is 303. The van der Waals surface area contributed by atoms with Crippen LogP contribution in [0.5, 0.6) is 0 Å². The lowest BCUT2D eigenvalue weighted by Crippen LogP contribution is -2.03. The van der Waals surface area contributed by atoms with E-state index < -0.39 is 5.97 Å². The highest BCUT2D eigenvalue weighted by Crippen LogP contribution is 2.10. The van der Waals surface area contributed by atoms with Crippen molar-refractivity contribution in [2.75, 3.05) is 5.73 Å². The number of carboxylic acid groups (broad SMARTS) is 1. The number of nitrogens with zero attached hydrogens (tertiary/aromatic N) is 2. The summed E-state index contributed by atoms with van der Waals surface area (Å²) in [7, 11) is 1.67. The molecule has 0 aliphatic heterocycles. The predicted octanol–water partition coefficient (Wildman–Crippen LogP) is 0.00892. The Morgan fingerprint density at radius 2 is 2.27 bits per heavy atom. The number of hydrogen-bond acceptors (Lipinski definition) is 3. The third-order valence-electron chi connectivity index (χ3n) is 1.57. The van der Waals surface area contributed by atoms with Gasteiger partial charge >= 0.3 is 5.97 Å². The average molecular weight is 155 g/mol. The number of carbonyl (C=O) groups is 1. The largest absolute Gasteiger partial charge is 0.476 e. The second-order valence-electron chi connectivity index (χ2n) is 2.26. The predicted molar refractivity (Wildman–Crippen MR) is 39.3 cm³/mol. The van der Waals surface area contributed by atoms with E-state index >= 15 is 0 Å². The molecule has 0 unspecified atom stereocenters. The van der Waals surface area contributed by atoms with Crippen LogP contribution in [0.15, 0.2) is 0 Å². The van der Waals surface area contributed by atoms with E-state index in [0.717, 1.165) is 0 Å². The number of nitrogens with two attached hydrogens (primary N) is 1. The maximum absolute atomic E-state index is 10.4. The summed E-state index contributed by atoms with van der Waals surface area (Å²) in [6.45, 7) is 1.70. The smallest absolute Gasteiger partial charge is 0.358 e. The fourth-order valence-electron chi connectivity index (χ4n) is 0.785. The highest BCUT2D eigenvalue weighted by atomic mass is 16.4. The lowest BCUT2D eigenvalue weighted by molar-refractivity contribution is 0.0692. The summed E-state index contributed by atoms with van der Waals surface area (Å²) in [5.41, 5.74) is 5.35. The Morgan fingerprint density at radius 3 is 2.45 bits per heavy atom. The normalized spacial score (nSPS) is 10.0. The molecule has 11 heavy (non-hydrogen) atoms. The zero-order valence-electron chi connectivity index (χ0n) is 6.33. The standard InChI is InChI=1S/C6H9N3O2/c1-3-8-4(6(10)11)5(7)9(3)2/h7H2,1-2H3,(H,10,11). The van der Waals surface area contributed by atoms with Gasteiger partial charge in [-0.15, -0.1) is 0 Å². The van der Waals surface area contributed by atoms with Gasteiger partial charge in [0.25, 0.3) is 0 Å². The average Bonchev–Trinajstić information content (AvgIpc) is 2.17. The molecule has 60 valence electrons. The van der Waals surface area contributed by atoms with Crippen LogP contribution < -0.4 is 5.73 Å². The van der Waals surface area contributed by atoms with Crippen molar-refractivity contribution >= 4 is 11.8 Å². The summed E-state index contributed by atoms with van der Waals surface area (Å²) in [6, 6.07) is 0. The summed E-state index contributed by atoms with van der Waals surface area (Å²) < 4.78 is 1.53. The first-order valence-corrected chi connectivity index (χ1v) is 3.06. The molecule has 1 heterocycles. The molecule has 0 radical (unpaired) electrons. The summed E-state index contributed by atoms with van der Waals surface area (Å²) >= 11 is 0. The summed E-state index contributed by atoms with van der Waals surface area (Å²) in [5, 5.41) is 8.55. The number of aryl methyl sites for hydroxylation is 1. The first kappa shape index (κ1) is 7.59. The molecule has 1 aromatic heterocycles. The van der Waals surface area contributed by atoms with Crippen LogP contribution in [0.1, 0.15) is 16.3 Å². The number of rotatable bonds is 1. The van der Waals surface area contributed by atoms with E-state index in [0.29, 0.717) is 5.82 Å². The minimum atomic E-state index is -1.09. The molecule has 1 aromatic rings. The highest BCUT2D eigenvalue weighted by molar-refractivity contribution is 5.90. The lowest BCUT2D eigenvalue weighted by atomic mass is 10.4. The van der Waals surface area contributed by atoms with E-state index in [9.17, 15) is 4.79 Å². The van der Waals surface area contributed by atoms with Crippen LogP contribution in [-0.2, 0) is 7.05 Å². The molecule has 3 N–H and O–H groups in total. The number of imidazole rings is 1. The SMILES string of the molecule is Cc1nc(C(=O)O)c(N)n1C. The quantitative estimate of drug-likeness (QED) is 0.598. The molecule has 0 amide bonds. The Morgan fingerprint density at radius 1 is 1.73 bits per heavy atom. The molecule has 0 spiro atoms. The second-order valence-corrected chi connectivity index (χ2v) is 2.26. The van der Waals surface area contributed by atoms with E-state index in [-0.39, 0.29) is 11.5 Å². The lowest BCUT2D eigenvalue weighted by Gasteiger charge is -1.95. The fourth-order valence-corrected chi connectivity index (χ4v) is 0.785. The molecular formula is C6H9N3O2. The molecule has 0 saturated carbocycles. The van der Waals surface area contributed by atoms with Crippen LogP contribution in [0.25, 0.3) is 0 Å². The van der Waals surface area contributed by atoms with Crippen molar-refractivity contribution in [3.05, 3.63) is 11.5 Å². The van der Waals surface area contributed by atoms with Gasteiger partial charge < -0.3 is 15.4 Å². The van der Waals surface area contributed by atoms with Crippen molar-refractivity contribution in [3.63, 3.8) is 0 Å². The van der Waals surface area contributed by atoms with Gasteiger partial charge in [-0.05, 0) is 6.92 Å². The zero-order valence-corrected chi connectivity index (χ0v) is 6.33. The van der Waals surface area contributed by atoms with Crippen LogP contribution in [0.2, 0.25) is 0 Å². The van der Waals surface area contributed by atoms with E-state index in [1.54, 1.807) is 14.0 Å². The molecule has 5 heteroatoms. The van der Waals surface area contributed by atoms with E-state index in [1.165, 1.54) is 4.57 Å². The van der Waals surface area contributed by atoms with E-state index in [1.807, 2.05) is 0 Å². The van der Waals surface area contributed by atoms with Gasteiger partial charge in [-0.2, -0.15) is 0 Å². The molecule has 0 atom stereocenters. The number of aromatic carboxylic acids is 1. The Balaban J connectivity index is 3.29.